The molecule has 1 saturated heterocycles. The fourth-order valence-electron chi connectivity index (χ4n) is 1.34. The van der Waals surface area contributed by atoms with Crippen LogP contribution < -0.4 is 0 Å². The van der Waals surface area contributed by atoms with Crippen LogP contribution >= 0.6 is 0 Å². The molecule has 4 heteroatoms. The lowest BCUT2D eigenvalue weighted by Crippen LogP contribution is -2.17. The Balaban J connectivity index is 2.12. The first-order valence-electron chi connectivity index (χ1n) is 4.71. The molecule has 2 rings (SSSR count). The second kappa shape index (κ2) is 4.10. The monoisotopic (exact) mass is 216 g/mol. The Morgan fingerprint density at radius 3 is 2.31 bits per heavy atom. The number of carbonyl (C=O) groups is 3. The van der Waals surface area contributed by atoms with Gasteiger partial charge in [-0.2, -0.15) is 0 Å². The largest absolute Gasteiger partial charge is 0.443 e. The van der Waals surface area contributed by atoms with Gasteiger partial charge in [0.25, 0.3) is 5.78 Å². The fourth-order valence-corrected chi connectivity index (χ4v) is 1.34. The van der Waals surface area contributed by atoms with Crippen LogP contribution in [0.1, 0.15) is 5.56 Å². The SMILES string of the molecule is O=C1O[C@H](/C=C/c2ccccc2)C(=O)C1=O. The van der Waals surface area contributed by atoms with Gasteiger partial charge < -0.3 is 4.74 Å². The number of rotatable bonds is 2. The predicted molar refractivity (Wildman–Crippen MR) is 55.4 cm³/mol. The van der Waals surface area contributed by atoms with E-state index < -0.39 is 23.6 Å². The van der Waals surface area contributed by atoms with E-state index in [0.717, 1.165) is 5.56 Å². The molecule has 1 aliphatic rings. The van der Waals surface area contributed by atoms with E-state index in [1.165, 1.54) is 6.08 Å². The number of hydrogen-bond donors (Lipinski definition) is 0. The highest BCUT2D eigenvalue weighted by molar-refractivity contribution is 6.65. The highest BCUT2D eigenvalue weighted by Crippen LogP contribution is 2.10. The third kappa shape index (κ3) is 1.91. The molecule has 1 aromatic rings. The molecule has 1 aliphatic heterocycles. The molecule has 1 atom stereocenters. The van der Waals surface area contributed by atoms with E-state index >= 15 is 0 Å². The molecule has 1 heterocycles. The van der Waals surface area contributed by atoms with E-state index in [0.29, 0.717) is 0 Å². The Morgan fingerprint density at radius 1 is 1.06 bits per heavy atom. The van der Waals surface area contributed by atoms with Crippen LogP contribution in [0.25, 0.3) is 6.08 Å². The second-order valence-electron chi connectivity index (χ2n) is 3.29. The van der Waals surface area contributed by atoms with E-state index in [1.54, 1.807) is 6.08 Å². The molecule has 16 heavy (non-hydrogen) atoms. The number of Topliss-reactive ketones (excluding diaryl/α,β-unsaturated/α-hetero) is 2. The number of esters is 1. The molecule has 0 bridgehead atoms. The third-order valence-corrected chi connectivity index (χ3v) is 2.16. The molecular formula is C12H8O4. The number of carbonyl (C=O) groups excluding carboxylic acids is 3. The summed E-state index contributed by atoms with van der Waals surface area (Å²) >= 11 is 0. The molecule has 0 spiro atoms. The van der Waals surface area contributed by atoms with Gasteiger partial charge in [0.05, 0.1) is 0 Å². The zero-order chi connectivity index (χ0) is 11.5. The second-order valence-corrected chi connectivity index (χ2v) is 3.29. The topological polar surface area (TPSA) is 60.4 Å². The van der Waals surface area contributed by atoms with Gasteiger partial charge in [-0.15, -0.1) is 0 Å². The summed E-state index contributed by atoms with van der Waals surface area (Å²) < 4.78 is 4.58. The molecule has 80 valence electrons. The first-order valence-corrected chi connectivity index (χ1v) is 4.71. The number of ketones is 2. The van der Waals surface area contributed by atoms with Gasteiger partial charge in [0.2, 0.25) is 0 Å². The molecule has 0 amide bonds. The average molecular weight is 216 g/mol. The van der Waals surface area contributed by atoms with Crippen molar-refractivity contribution in [3.63, 3.8) is 0 Å². The van der Waals surface area contributed by atoms with Gasteiger partial charge in [0, 0.05) is 0 Å². The first-order chi connectivity index (χ1) is 7.68. The summed E-state index contributed by atoms with van der Waals surface area (Å²) in [5, 5.41) is 0. The first kappa shape index (κ1) is 10.3. The van der Waals surface area contributed by atoms with E-state index in [2.05, 4.69) is 4.74 Å². The maximum atomic E-state index is 11.2. The van der Waals surface area contributed by atoms with E-state index in [-0.39, 0.29) is 0 Å². The van der Waals surface area contributed by atoms with Gasteiger partial charge >= 0.3 is 11.8 Å². The van der Waals surface area contributed by atoms with Crippen molar-refractivity contribution in [2.24, 2.45) is 0 Å². The van der Waals surface area contributed by atoms with Crippen LogP contribution in [0.15, 0.2) is 36.4 Å². The minimum atomic E-state index is -1.08. The van der Waals surface area contributed by atoms with Gasteiger partial charge in [-0.3, -0.25) is 9.59 Å². The van der Waals surface area contributed by atoms with E-state index in [1.807, 2.05) is 30.3 Å². The van der Waals surface area contributed by atoms with Gasteiger partial charge in [-0.25, -0.2) is 4.79 Å². The Kier molecular flexibility index (Phi) is 2.64. The van der Waals surface area contributed by atoms with Crippen molar-refractivity contribution in [1.29, 1.82) is 0 Å². The fraction of sp³-hybridized carbons (Fsp3) is 0.0833. The van der Waals surface area contributed by atoms with Gasteiger partial charge in [-0.1, -0.05) is 36.4 Å². The van der Waals surface area contributed by atoms with Gasteiger partial charge in [-0.05, 0) is 11.6 Å². The quantitative estimate of drug-likeness (QED) is 0.541. The summed E-state index contributed by atoms with van der Waals surface area (Å²) in [7, 11) is 0. The Labute approximate surface area is 91.5 Å². The van der Waals surface area contributed by atoms with Crippen molar-refractivity contribution in [3.05, 3.63) is 42.0 Å². The highest BCUT2D eigenvalue weighted by atomic mass is 16.6. The smallest absolute Gasteiger partial charge is 0.384 e. The van der Waals surface area contributed by atoms with Crippen LogP contribution in [0.5, 0.6) is 0 Å². The number of cyclic esters (lactones) is 1. The minimum Gasteiger partial charge on any atom is -0.443 e. The maximum absolute atomic E-state index is 11.2. The Morgan fingerprint density at radius 2 is 1.75 bits per heavy atom. The normalized spacial score (nSPS) is 20.5. The standard InChI is InChI=1S/C12H8O4/c13-10-9(16-12(15)11(10)14)7-6-8-4-2-1-3-5-8/h1-7,9H/b7-6+/t9-/m1/s1. The van der Waals surface area contributed by atoms with Crippen LogP contribution in [0.2, 0.25) is 0 Å². The molecule has 0 saturated carbocycles. The molecule has 0 aromatic heterocycles. The van der Waals surface area contributed by atoms with Crippen LogP contribution in [-0.4, -0.2) is 23.6 Å². The summed E-state index contributed by atoms with van der Waals surface area (Å²) in [6.45, 7) is 0. The van der Waals surface area contributed by atoms with Gasteiger partial charge in [0.15, 0.2) is 6.10 Å². The summed E-state index contributed by atoms with van der Waals surface area (Å²) in [4.78, 5) is 32.8. The molecule has 0 unspecified atom stereocenters. The number of hydrogen-bond acceptors (Lipinski definition) is 4. The Bertz CT molecular complexity index is 473. The zero-order valence-corrected chi connectivity index (χ0v) is 8.25. The Hall–Kier alpha value is -2.23. The summed E-state index contributed by atoms with van der Waals surface area (Å²) in [5.74, 6) is -2.97. The minimum absolute atomic E-state index is 0.808. The van der Waals surface area contributed by atoms with Crippen molar-refractivity contribution in [2.75, 3.05) is 0 Å². The number of benzene rings is 1. The highest BCUT2D eigenvalue weighted by Gasteiger charge is 2.40. The van der Waals surface area contributed by atoms with Crippen LogP contribution in [0, 0.1) is 0 Å². The summed E-state index contributed by atoms with van der Waals surface area (Å²) in [6.07, 6.45) is 1.97. The molecule has 1 aromatic carbocycles. The maximum Gasteiger partial charge on any atom is 0.384 e. The van der Waals surface area contributed by atoms with Crippen molar-refractivity contribution >= 4 is 23.6 Å². The molecule has 1 fully saturated rings. The van der Waals surface area contributed by atoms with Crippen LogP contribution in [-0.2, 0) is 19.1 Å². The predicted octanol–water partition coefficient (Wildman–Crippen LogP) is 0.763. The van der Waals surface area contributed by atoms with Crippen LogP contribution in [0.4, 0.5) is 0 Å². The third-order valence-electron chi connectivity index (χ3n) is 2.16. The lowest BCUT2D eigenvalue weighted by Gasteiger charge is -1.98. The number of ether oxygens (including phenoxy) is 1. The summed E-state index contributed by atoms with van der Waals surface area (Å²) in [6, 6.07) is 9.21. The van der Waals surface area contributed by atoms with Crippen molar-refractivity contribution in [3.8, 4) is 0 Å². The summed E-state index contributed by atoms with van der Waals surface area (Å²) in [5.41, 5.74) is 0.866. The lowest BCUT2D eigenvalue weighted by atomic mass is 10.1. The van der Waals surface area contributed by atoms with E-state index in [9.17, 15) is 14.4 Å². The lowest BCUT2D eigenvalue weighted by molar-refractivity contribution is -0.148. The zero-order valence-electron chi connectivity index (χ0n) is 8.25. The molecular weight excluding hydrogens is 208 g/mol. The van der Waals surface area contributed by atoms with Gasteiger partial charge in [0.1, 0.15) is 0 Å². The molecule has 0 aliphatic carbocycles. The van der Waals surface area contributed by atoms with Crippen molar-refractivity contribution < 1.29 is 19.1 Å². The molecule has 0 N–H and O–H groups in total. The molecule has 4 nitrogen and oxygen atoms in total. The molecule has 0 radical (unpaired) electrons. The van der Waals surface area contributed by atoms with Crippen LogP contribution in [0.3, 0.4) is 0 Å². The average Bonchev–Trinajstić information content (AvgIpc) is 2.56. The van der Waals surface area contributed by atoms with Crippen molar-refractivity contribution in [2.45, 2.75) is 6.10 Å². The van der Waals surface area contributed by atoms with Crippen molar-refractivity contribution in [1.82, 2.24) is 0 Å². The van der Waals surface area contributed by atoms with E-state index in [4.69, 9.17) is 0 Å².